The third kappa shape index (κ3) is 6.65. The molecule has 0 radical (unpaired) electrons. The Hall–Kier alpha value is -2.95. The van der Waals surface area contributed by atoms with Crippen LogP contribution in [0.5, 0.6) is 17.2 Å². The number of amides is 1. The highest BCUT2D eigenvalue weighted by Crippen LogP contribution is 2.29. The molecule has 1 N–H and O–H groups in total. The van der Waals surface area contributed by atoms with E-state index in [4.69, 9.17) is 14.2 Å². The van der Waals surface area contributed by atoms with Gasteiger partial charge in [0.05, 0.1) is 26.0 Å². The number of carbonyl (C=O) groups is 1. The minimum absolute atomic E-state index is 0.233. The summed E-state index contributed by atoms with van der Waals surface area (Å²) >= 11 is 0. The summed E-state index contributed by atoms with van der Waals surface area (Å²) in [6.07, 6.45) is 4.20. The summed E-state index contributed by atoms with van der Waals surface area (Å²) in [6, 6.07) is 13.0. The van der Waals surface area contributed by atoms with Crippen LogP contribution in [0.2, 0.25) is 0 Å². The van der Waals surface area contributed by atoms with Gasteiger partial charge in [0.1, 0.15) is 5.75 Å². The van der Waals surface area contributed by atoms with Crippen LogP contribution in [-0.2, 0) is 4.79 Å². The molecule has 0 spiro atoms. The van der Waals surface area contributed by atoms with Crippen molar-refractivity contribution in [3.63, 3.8) is 0 Å². The summed E-state index contributed by atoms with van der Waals surface area (Å²) in [5, 5.41) is 2.84. The van der Waals surface area contributed by atoms with Crippen LogP contribution in [0.1, 0.15) is 32.8 Å². The molecule has 0 aliphatic rings. The lowest BCUT2D eigenvalue weighted by molar-refractivity contribution is -0.111. The second-order valence-electron chi connectivity index (χ2n) is 6.69. The zero-order valence-corrected chi connectivity index (χ0v) is 17.0. The van der Waals surface area contributed by atoms with Gasteiger partial charge in [0.25, 0.3) is 0 Å². The molecule has 0 aliphatic heterocycles. The highest BCUT2D eigenvalue weighted by molar-refractivity contribution is 6.02. The Kier molecular flexibility index (Phi) is 8.40. The van der Waals surface area contributed by atoms with Gasteiger partial charge in [0, 0.05) is 6.08 Å². The van der Waals surface area contributed by atoms with E-state index < -0.39 is 0 Å². The number of anilines is 1. The van der Waals surface area contributed by atoms with E-state index in [9.17, 15) is 4.79 Å². The summed E-state index contributed by atoms with van der Waals surface area (Å²) in [5.41, 5.74) is 1.49. The first-order valence-electron chi connectivity index (χ1n) is 9.55. The van der Waals surface area contributed by atoms with E-state index in [1.54, 1.807) is 13.2 Å². The minimum atomic E-state index is -0.233. The molecule has 0 saturated heterocycles. The zero-order valence-electron chi connectivity index (χ0n) is 17.0. The van der Waals surface area contributed by atoms with Crippen molar-refractivity contribution in [2.45, 2.75) is 27.2 Å². The third-order valence-electron chi connectivity index (χ3n) is 4.01. The molecule has 0 atom stereocenters. The van der Waals surface area contributed by atoms with Crippen LogP contribution >= 0.6 is 0 Å². The predicted octanol–water partition coefficient (Wildman–Crippen LogP) is 5.17. The van der Waals surface area contributed by atoms with Gasteiger partial charge < -0.3 is 19.5 Å². The highest BCUT2D eigenvalue weighted by atomic mass is 16.5. The predicted molar refractivity (Wildman–Crippen MR) is 113 cm³/mol. The van der Waals surface area contributed by atoms with E-state index in [1.807, 2.05) is 49.4 Å². The highest BCUT2D eigenvalue weighted by Gasteiger charge is 2.07. The average molecular weight is 383 g/mol. The first-order valence-corrected chi connectivity index (χ1v) is 9.55. The van der Waals surface area contributed by atoms with Crippen molar-refractivity contribution in [3.8, 4) is 17.2 Å². The van der Waals surface area contributed by atoms with E-state index in [-0.39, 0.29) is 5.91 Å². The van der Waals surface area contributed by atoms with Crippen LogP contribution in [0.15, 0.2) is 48.5 Å². The number of hydrogen-bond donors (Lipinski definition) is 1. The topological polar surface area (TPSA) is 56.8 Å². The number of carbonyl (C=O) groups excluding carboxylic acids is 1. The lowest BCUT2D eigenvalue weighted by Gasteiger charge is -2.12. The Morgan fingerprint density at radius 2 is 1.86 bits per heavy atom. The number of para-hydroxylation sites is 2. The van der Waals surface area contributed by atoms with Crippen LogP contribution in [0.3, 0.4) is 0 Å². The second kappa shape index (κ2) is 11.0. The third-order valence-corrected chi connectivity index (χ3v) is 4.01. The van der Waals surface area contributed by atoms with Crippen LogP contribution in [-0.4, -0.2) is 26.2 Å². The number of benzene rings is 2. The summed E-state index contributed by atoms with van der Waals surface area (Å²) in [7, 11) is 1.61. The maximum atomic E-state index is 12.3. The Bertz CT molecular complexity index is 799. The molecular weight excluding hydrogens is 354 g/mol. The lowest BCUT2D eigenvalue weighted by Crippen LogP contribution is -2.09. The molecule has 0 heterocycles. The fourth-order valence-electron chi connectivity index (χ4n) is 2.51. The lowest BCUT2D eigenvalue weighted by atomic mass is 10.1. The molecule has 5 nitrogen and oxygen atoms in total. The van der Waals surface area contributed by atoms with E-state index >= 15 is 0 Å². The Balaban J connectivity index is 2.02. The summed E-state index contributed by atoms with van der Waals surface area (Å²) in [5.74, 6) is 2.35. The maximum absolute atomic E-state index is 12.3. The molecular formula is C23H29NO4. The molecule has 0 saturated carbocycles. The molecule has 1 amide bonds. The Labute approximate surface area is 167 Å². The SMILES string of the molecule is CCOc1ccccc1NC(=O)C=Cc1ccc(OCCC(C)C)c(OC)c1. The normalized spacial score (nSPS) is 10.9. The Morgan fingerprint density at radius 3 is 2.57 bits per heavy atom. The number of methoxy groups -OCH3 is 1. The minimum Gasteiger partial charge on any atom is -0.493 e. The molecule has 2 aromatic rings. The molecule has 28 heavy (non-hydrogen) atoms. The Morgan fingerprint density at radius 1 is 1.07 bits per heavy atom. The van der Waals surface area contributed by atoms with Crippen molar-refractivity contribution < 1.29 is 19.0 Å². The van der Waals surface area contributed by atoms with E-state index in [0.717, 1.165) is 12.0 Å². The first-order chi connectivity index (χ1) is 13.5. The quantitative estimate of drug-likeness (QED) is 0.575. The summed E-state index contributed by atoms with van der Waals surface area (Å²) in [6.45, 7) is 7.40. The molecule has 5 heteroatoms. The van der Waals surface area contributed by atoms with E-state index in [2.05, 4.69) is 19.2 Å². The number of hydrogen-bond acceptors (Lipinski definition) is 4. The van der Waals surface area contributed by atoms with E-state index in [0.29, 0.717) is 42.1 Å². The number of ether oxygens (including phenoxy) is 3. The maximum Gasteiger partial charge on any atom is 0.248 e. The number of rotatable bonds is 10. The van der Waals surface area contributed by atoms with Crippen LogP contribution in [0, 0.1) is 5.92 Å². The van der Waals surface area contributed by atoms with Gasteiger partial charge in [-0.2, -0.15) is 0 Å². The molecule has 0 aliphatic carbocycles. The van der Waals surface area contributed by atoms with Crippen molar-refractivity contribution in [1.82, 2.24) is 0 Å². The van der Waals surface area contributed by atoms with Crippen molar-refractivity contribution >= 4 is 17.7 Å². The van der Waals surface area contributed by atoms with Gasteiger partial charge in [-0.25, -0.2) is 0 Å². The first kappa shape index (κ1) is 21.4. The largest absolute Gasteiger partial charge is 0.493 e. The van der Waals surface area contributed by atoms with Gasteiger partial charge in [-0.3, -0.25) is 4.79 Å². The van der Waals surface area contributed by atoms with Crippen LogP contribution in [0.25, 0.3) is 6.08 Å². The van der Waals surface area contributed by atoms with E-state index in [1.165, 1.54) is 6.08 Å². The smallest absolute Gasteiger partial charge is 0.248 e. The molecule has 0 unspecified atom stereocenters. The van der Waals surface area contributed by atoms with Crippen LogP contribution in [0.4, 0.5) is 5.69 Å². The van der Waals surface area contributed by atoms with Crippen molar-refractivity contribution in [2.75, 3.05) is 25.6 Å². The molecule has 150 valence electrons. The fraction of sp³-hybridized carbons (Fsp3) is 0.348. The van der Waals surface area contributed by atoms with Crippen molar-refractivity contribution in [2.24, 2.45) is 5.92 Å². The van der Waals surface area contributed by atoms with Gasteiger partial charge in [-0.1, -0.05) is 32.0 Å². The van der Waals surface area contributed by atoms with Gasteiger partial charge in [0.15, 0.2) is 11.5 Å². The van der Waals surface area contributed by atoms with Crippen molar-refractivity contribution in [3.05, 3.63) is 54.1 Å². The molecule has 2 rings (SSSR count). The second-order valence-corrected chi connectivity index (χ2v) is 6.69. The standard InChI is InChI=1S/C23H29NO4/c1-5-27-20-9-7-6-8-19(20)24-23(25)13-11-18-10-12-21(22(16-18)26-4)28-15-14-17(2)3/h6-13,16-17H,5,14-15H2,1-4H3,(H,24,25). The zero-order chi connectivity index (χ0) is 20.4. The van der Waals surface area contributed by atoms with Gasteiger partial charge in [0.2, 0.25) is 5.91 Å². The fourth-order valence-corrected chi connectivity index (χ4v) is 2.51. The molecule has 0 fully saturated rings. The average Bonchev–Trinajstić information content (AvgIpc) is 2.68. The van der Waals surface area contributed by atoms with Crippen LogP contribution < -0.4 is 19.5 Å². The monoisotopic (exact) mass is 383 g/mol. The van der Waals surface area contributed by atoms with Gasteiger partial charge >= 0.3 is 0 Å². The number of nitrogens with one attached hydrogen (secondary N) is 1. The van der Waals surface area contributed by atoms with Crippen molar-refractivity contribution in [1.29, 1.82) is 0 Å². The summed E-state index contributed by atoms with van der Waals surface area (Å²) in [4.78, 5) is 12.3. The molecule has 0 aromatic heterocycles. The van der Waals surface area contributed by atoms with Gasteiger partial charge in [-0.05, 0) is 55.2 Å². The molecule has 0 bridgehead atoms. The summed E-state index contributed by atoms with van der Waals surface area (Å²) < 4.78 is 16.7. The molecule has 2 aromatic carbocycles. The van der Waals surface area contributed by atoms with Gasteiger partial charge in [-0.15, -0.1) is 0 Å².